The number of alkyl carbamates (subject to hydrolysis) is 1. The Hall–Kier alpha value is -3.44. The van der Waals surface area contributed by atoms with E-state index in [9.17, 15) is 14.4 Å². The van der Waals surface area contributed by atoms with Gasteiger partial charge in [-0.15, -0.1) is 0 Å². The molecule has 1 aromatic heterocycles. The lowest BCUT2D eigenvalue weighted by Crippen LogP contribution is -2.36. The van der Waals surface area contributed by atoms with Crippen LogP contribution < -0.4 is 21.5 Å². The molecule has 4 rings (SSSR count). The Morgan fingerprint density at radius 1 is 1.24 bits per heavy atom. The van der Waals surface area contributed by atoms with E-state index in [4.69, 9.17) is 10.5 Å². The quantitative estimate of drug-likeness (QED) is 0.591. The van der Waals surface area contributed by atoms with Gasteiger partial charge < -0.3 is 30.0 Å². The lowest BCUT2D eigenvalue weighted by Gasteiger charge is -2.26. The maximum atomic E-state index is 15.7. The number of carbonyl (C=O) groups is 2. The van der Waals surface area contributed by atoms with Crippen LogP contribution in [-0.4, -0.2) is 47.7 Å². The van der Waals surface area contributed by atoms with E-state index in [1.165, 1.54) is 15.5 Å². The molecule has 2 heterocycles. The first-order valence-electron chi connectivity index (χ1n) is 12.1. The van der Waals surface area contributed by atoms with E-state index in [0.717, 1.165) is 0 Å². The Balaban J connectivity index is 1.78. The molecule has 1 aromatic carbocycles. The number of hydrogen-bond acceptors (Lipinski definition) is 6. The van der Waals surface area contributed by atoms with Crippen LogP contribution in [-0.2, 0) is 16.0 Å². The second kappa shape index (κ2) is 9.46. The van der Waals surface area contributed by atoms with Crippen molar-refractivity contribution in [2.75, 3.05) is 24.6 Å². The normalized spacial score (nSPS) is 19.8. The molecule has 1 atom stereocenters. The second-order valence-corrected chi connectivity index (χ2v) is 10.7. The summed E-state index contributed by atoms with van der Waals surface area (Å²) in [5, 5.41) is 2.38. The summed E-state index contributed by atoms with van der Waals surface area (Å²) < 4.78 is 57.9. The Kier molecular flexibility index (Phi) is 6.80. The number of aryl methyl sites for hydroxylation is 1. The van der Waals surface area contributed by atoms with Crippen molar-refractivity contribution in [2.45, 2.75) is 70.8 Å². The molecule has 2 amide bonds. The van der Waals surface area contributed by atoms with Crippen molar-refractivity contribution in [1.29, 1.82) is 0 Å². The first kappa shape index (κ1) is 26.6. The largest absolute Gasteiger partial charge is 0.446 e. The minimum Gasteiger partial charge on any atom is -0.446 e. The van der Waals surface area contributed by atoms with Crippen LogP contribution in [0.1, 0.15) is 57.2 Å². The number of primary amides is 1. The molecule has 1 unspecified atom stereocenters. The van der Waals surface area contributed by atoms with Gasteiger partial charge >= 0.3 is 12.2 Å². The summed E-state index contributed by atoms with van der Waals surface area (Å²) >= 11 is 0. The average Bonchev–Trinajstić information content (AvgIpc) is 3.55. The Morgan fingerprint density at radius 2 is 1.92 bits per heavy atom. The first-order valence-corrected chi connectivity index (χ1v) is 12.1. The number of benzene rings is 1. The third-order valence-electron chi connectivity index (χ3n) is 6.49. The molecule has 202 valence electrons. The Labute approximate surface area is 211 Å². The molecule has 37 heavy (non-hydrogen) atoms. The molecule has 0 spiro atoms. The van der Waals surface area contributed by atoms with Crippen molar-refractivity contribution in [1.82, 2.24) is 9.88 Å². The summed E-state index contributed by atoms with van der Waals surface area (Å²) in [7, 11) is 0. The monoisotopic (exact) mass is 524 g/mol. The van der Waals surface area contributed by atoms with Crippen LogP contribution in [0.3, 0.4) is 0 Å². The zero-order valence-corrected chi connectivity index (χ0v) is 21.3. The maximum absolute atomic E-state index is 15.7. The predicted octanol–water partition coefficient (Wildman–Crippen LogP) is 3.96. The number of nitrogens with one attached hydrogen (secondary N) is 1. The average molecular weight is 525 g/mol. The number of ether oxygens (including phenoxy) is 2. The molecule has 1 aliphatic carbocycles. The van der Waals surface area contributed by atoms with E-state index >= 15 is 13.2 Å². The minimum absolute atomic E-state index is 0.0366. The Morgan fingerprint density at radius 3 is 2.51 bits per heavy atom. The van der Waals surface area contributed by atoms with Crippen molar-refractivity contribution in [3.8, 4) is 0 Å². The highest BCUT2D eigenvalue weighted by molar-refractivity contribution is 5.91. The molecule has 1 saturated carbocycles. The number of anilines is 1. The highest BCUT2D eigenvalue weighted by Crippen LogP contribution is 2.42. The van der Waals surface area contributed by atoms with Gasteiger partial charge in [0.1, 0.15) is 12.2 Å². The van der Waals surface area contributed by atoms with Gasteiger partial charge in [0, 0.05) is 42.6 Å². The summed E-state index contributed by atoms with van der Waals surface area (Å²) in [4.78, 5) is 37.6. The van der Waals surface area contributed by atoms with Crippen LogP contribution in [0.15, 0.2) is 10.9 Å². The third kappa shape index (κ3) is 5.47. The summed E-state index contributed by atoms with van der Waals surface area (Å²) in [5.41, 5.74) is 2.19. The number of rotatable bonds is 6. The van der Waals surface area contributed by atoms with Crippen LogP contribution in [0.25, 0.3) is 10.9 Å². The van der Waals surface area contributed by atoms with Crippen molar-refractivity contribution >= 4 is 28.8 Å². The molecule has 2 fully saturated rings. The molecule has 12 heteroatoms. The number of amides is 2. The summed E-state index contributed by atoms with van der Waals surface area (Å²) in [6.07, 6.45) is -0.569. The zero-order valence-electron chi connectivity index (χ0n) is 21.3. The van der Waals surface area contributed by atoms with Gasteiger partial charge in [0.25, 0.3) is 5.56 Å². The minimum atomic E-state index is -1.99. The highest BCUT2D eigenvalue weighted by atomic mass is 19.2. The standard InChI is InChI=1S/C25H31F3N4O5/c1-13-20-17(18(26)19(27)21(13)31-8-7-25(28,11-31)12-36-22(29)34)14(9-16(33)32(20)15-5-6-15)10-30-23(35)37-24(2,3)4/h9,15H,5-8,10-12H2,1-4H3,(H2,29,34)(H,30,35). The fraction of sp³-hybridized carbons (Fsp3) is 0.560. The number of halogens is 3. The summed E-state index contributed by atoms with van der Waals surface area (Å²) in [6.45, 7) is 5.43. The molecule has 1 saturated heterocycles. The van der Waals surface area contributed by atoms with Crippen LogP contribution in [0, 0.1) is 18.6 Å². The Bertz CT molecular complexity index is 1320. The predicted molar refractivity (Wildman–Crippen MR) is 130 cm³/mol. The van der Waals surface area contributed by atoms with Gasteiger partial charge in [-0.2, -0.15) is 0 Å². The summed E-state index contributed by atoms with van der Waals surface area (Å²) in [5.74, 6) is -2.39. The number of aromatic nitrogens is 1. The smallest absolute Gasteiger partial charge is 0.407 e. The fourth-order valence-electron chi connectivity index (χ4n) is 4.81. The van der Waals surface area contributed by atoms with E-state index in [2.05, 4.69) is 10.1 Å². The number of carbonyl (C=O) groups excluding carboxylic acids is 2. The van der Waals surface area contributed by atoms with Crippen molar-refractivity contribution in [3.05, 3.63) is 39.2 Å². The number of hydrogen-bond donors (Lipinski definition) is 2. The highest BCUT2D eigenvalue weighted by Gasteiger charge is 2.42. The van der Waals surface area contributed by atoms with Crippen LogP contribution in [0.5, 0.6) is 0 Å². The van der Waals surface area contributed by atoms with Crippen molar-refractivity contribution < 1.29 is 32.2 Å². The summed E-state index contributed by atoms with van der Waals surface area (Å²) in [6, 6.07) is 1.03. The van der Waals surface area contributed by atoms with Crippen molar-refractivity contribution in [3.63, 3.8) is 0 Å². The van der Waals surface area contributed by atoms with Gasteiger partial charge in [0.2, 0.25) is 0 Å². The van der Waals surface area contributed by atoms with Crippen molar-refractivity contribution in [2.24, 2.45) is 5.73 Å². The molecular weight excluding hydrogens is 493 g/mol. The van der Waals surface area contributed by atoms with E-state index in [1.807, 2.05) is 0 Å². The topological polar surface area (TPSA) is 116 Å². The first-order chi connectivity index (χ1) is 17.2. The number of alkyl halides is 1. The van der Waals surface area contributed by atoms with Gasteiger partial charge in [-0.3, -0.25) is 4.79 Å². The van der Waals surface area contributed by atoms with Gasteiger partial charge in [0.15, 0.2) is 17.3 Å². The van der Waals surface area contributed by atoms with E-state index in [1.54, 1.807) is 27.7 Å². The van der Waals surface area contributed by atoms with E-state index < -0.39 is 47.3 Å². The molecule has 3 N–H and O–H groups in total. The molecular formula is C25H31F3N4O5. The van der Waals surface area contributed by atoms with Gasteiger partial charge in [-0.05, 0) is 46.1 Å². The van der Waals surface area contributed by atoms with Crippen LogP contribution in [0.4, 0.5) is 28.4 Å². The number of fused-ring (bicyclic) bond motifs is 1. The number of nitrogens with zero attached hydrogens (tertiary/aromatic N) is 2. The van der Waals surface area contributed by atoms with Crippen LogP contribution >= 0.6 is 0 Å². The SMILES string of the molecule is Cc1c(N2CCC(F)(COC(N)=O)C2)c(F)c(F)c2c(CNC(=O)OC(C)(C)C)cc(=O)n(C3CC3)c12. The molecule has 0 radical (unpaired) electrons. The van der Waals surface area contributed by atoms with Gasteiger partial charge in [-0.1, -0.05) is 0 Å². The van der Waals surface area contributed by atoms with Gasteiger partial charge in [0.05, 0.1) is 17.7 Å². The van der Waals surface area contributed by atoms with E-state index in [-0.39, 0.29) is 59.8 Å². The molecule has 2 aromatic rings. The number of nitrogens with two attached hydrogens (primary N) is 1. The van der Waals surface area contributed by atoms with E-state index in [0.29, 0.717) is 12.8 Å². The lowest BCUT2D eigenvalue weighted by molar-refractivity contribution is 0.0523. The molecule has 1 aliphatic heterocycles. The van der Waals surface area contributed by atoms with Gasteiger partial charge in [-0.25, -0.2) is 22.8 Å². The zero-order chi connectivity index (χ0) is 27.3. The molecule has 9 nitrogen and oxygen atoms in total. The molecule has 0 bridgehead atoms. The fourth-order valence-corrected chi connectivity index (χ4v) is 4.81. The maximum Gasteiger partial charge on any atom is 0.407 e. The third-order valence-corrected chi connectivity index (χ3v) is 6.49. The lowest BCUT2D eigenvalue weighted by atomic mass is 10.0. The van der Waals surface area contributed by atoms with Crippen LogP contribution in [0.2, 0.25) is 0 Å². The molecule has 2 aliphatic rings. The number of pyridine rings is 1. The second-order valence-electron chi connectivity index (χ2n) is 10.7.